The van der Waals surface area contributed by atoms with Gasteiger partial charge in [-0.15, -0.1) is 5.10 Å². The number of amides is 2. The number of carbonyl (C=O) groups excluding carboxylic acids is 2. The number of methoxy groups -OCH3 is 1. The van der Waals surface area contributed by atoms with Gasteiger partial charge in [0.15, 0.2) is 5.60 Å². The third-order valence-corrected chi connectivity index (χ3v) is 15.7. The number of fused-ring (bicyclic) bond motifs is 2. The number of aliphatic hydroxyl groups is 1. The van der Waals surface area contributed by atoms with Crippen LogP contribution in [0.1, 0.15) is 30.2 Å². The molecule has 0 bridgehead atoms. The number of benzene rings is 4. The van der Waals surface area contributed by atoms with Gasteiger partial charge in [0.1, 0.15) is 5.75 Å². The Bertz CT molecular complexity index is 2180. The predicted octanol–water partition coefficient (Wildman–Crippen LogP) is 5.88. The van der Waals surface area contributed by atoms with E-state index in [0.717, 1.165) is 23.4 Å². The summed E-state index contributed by atoms with van der Waals surface area (Å²) in [5.74, 6) is 0.114. The Morgan fingerprint density at radius 3 is 2.40 bits per heavy atom. The number of nitrogens with zero attached hydrogens (tertiary/aromatic N) is 6. The van der Waals surface area contributed by atoms with E-state index >= 15 is 4.79 Å². The number of carbonyl (C=O) groups is 2. The quantitative estimate of drug-likeness (QED) is 0.0633. The summed E-state index contributed by atoms with van der Waals surface area (Å²) in [5.41, 5.74) is 2.25. The van der Waals surface area contributed by atoms with Crippen LogP contribution in [0.25, 0.3) is 0 Å². The van der Waals surface area contributed by atoms with Crippen molar-refractivity contribution >= 4 is 48.3 Å². The molecule has 7 rings (SSSR count). The van der Waals surface area contributed by atoms with E-state index in [-0.39, 0.29) is 36.2 Å². The SMILES string of the molecule is COc1ccc([Si](C)(C)[C@H]2[C@H](CCn3cc(CCO)nn3)O[C@@]3(C(=O)N(Cc4ccc(N(C=O)c5ccccc5)cc4)c4ccc([N+](=O)[O-])cc43)[C@@H]2C)cc1. The lowest BCUT2D eigenvalue weighted by atomic mass is 9.82. The van der Waals surface area contributed by atoms with Crippen molar-refractivity contribution in [2.45, 2.75) is 63.2 Å². The molecule has 0 saturated carbocycles. The van der Waals surface area contributed by atoms with Gasteiger partial charge >= 0.3 is 0 Å². The summed E-state index contributed by atoms with van der Waals surface area (Å²) in [5, 5.41) is 31.2. The second-order valence-corrected chi connectivity index (χ2v) is 19.4. The van der Waals surface area contributed by atoms with Gasteiger partial charge < -0.3 is 19.5 Å². The standard InChI is InChI=1S/C41H44N6O7Si/c1-28-39(55(3,4)35-17-15-34(53-2)16-18-35)38(20-22-44-26-30(21-23-48)42-43-44)54-41(28)36-24-33(47(51)52)14-19-37(36)45(40(41)50)25-29-10-12-32(13-11-29)46(27-49)31-8-6-5-7-9-31/h5-19,24,26-28,38-39,48H,20-23,25H2,1-4H3/t28-,38+,39-,41+/m1/s1. The summed E-state index contributed by atoms with van der Waals surface area (Å²) in [6.07, 6.45) is 3.07. The zero-order chi connectivity index (χ0) is 38.9. The summed E-state index contributed by atoms with van der Waals surface area (Å²) < 4.78 is 14.4. The van der Waals surface area contributed by atoms with Crippen LogP contribution in [0, 0.1) is 16.0 Å². The van der Waals surface area contributed by atoms with Crippen LogP contribution in [0.2, 0.25) is 18.6 Å². The van der Waals surface area contributed by atoms with Crippen molar-refractivity contribution in [3.63, 3.8) is 0 Å². The molecule has 55 heavy (non-hydrogen) atoms. The molecule has 284 valence electrons. The van der Waals surface area contributed by atoms with Crippen LogP contribution in [-0.2, 0) is 39.4 Å². The second-order valence-electron chi connectivity index (χ2n) is 14.7. The molecule has 2 aliphatic rings. The molecule has 4 aromatic carbocycles. The maximum absolute atomic E-state index is 15.2. The highest BCUT2D eigenvalue weighted by molar-refractivity contribution is 6.91. The van der Waals surface area contributed by atoms with Crippen molar-refractivity contribution in [2.75, 3.05) is 23.5 Å². The number of aliphatic hydroxyl groups excluding tert-OH is 1. The average Bonchev–Trinajstić information content (AvgIpc) is 3.85. The van der Waals surface area contributed by atoms with Crippen molar-refractivity contribution in [3.05, 3.63) is 130 Å². The molecule has 4 atom stereocenters. The normalized spacial score (nSPS) is 20.5. The summed E-state index contributed by atoms with van der Waals surface area (Å²) in [4.78, 5) is 42.3. The molecule has 1 aromatic heterocycles. The van der Waals surface area contributed by atoms with Crippen molar-refractivity contribution in [3.8, 4) is 5.75 Å². The molecule has 5 aromatic rings. The molecule has 2 amide bonds. The zero-order valence-electron chi connectivity index (χ0n) is 31.2. The first-order valence-corrected chi connectivity index (χ1v) is 21.4. The van der Waals surface area contributed by atoms with Crippen molar-refractivity contribution < 1.29 is 29.1 Å². The minimum absolute atomic E-state index is 0.0344. The number of aryl methyl sites for hydroxylation is 1. The Morgan fingerprint density at radius 1 is 1.04 bits per heavy atom. The van der Waals surface area contributed by atoms with Crippen LogP contribution in [0.3, 0.4) is 0 Å². The molecule has 0 aliphatic carbocycles. The smallest absolute Gasteiger partial charge is 0.269 e. The van der Waals surface area contributed by atoms with Crippen LogP contribution in [0.4, 0.5) is 22.7 Å². The van der Waals surface area contributed by atoms with Crippen LogP contribution >= 0.6 is 0 Å². The Morgan fingerprint density at radius 2 is 1.75 bits per heavy atom. The Labute approximate surface area is 320 Å². The number of nitro groups is 1. The van der Waals surface area contributed by atoms with E-state index in [1.165, 1.54) is 17.3 Å². The molecule has 13 nitrogen and oxygen atoms in total. The van der Waals surface area contributed by atoms with Gasteiger partial charge in [0, 0.05) is 60.8 Å². The number of para-hydroxylation sites is 1. The number of nitro benzene ring substituents is 1. The van der Waals surface area contributed by atoms with Gasteiger partial charge in [-0.1, -0.05) is 72.9 Å². The number of non-ortho nitro benzene ring substituents is 1. The highest BCUT2D eigenvalue weighted by atomic mass is 28.3. The van der Waals surface area contributed by atoms with E-state index in [9.17, 15) is 20.0 Å². The monoisotopic (exact) mass is 760 g/mol. The molecule has 1 spiro atoms. The third kappa shape index (κ3) is 6.81. The summed E-state index contributed by atoms with van der Waals surface area (Å²) in [6.45, 7) is 7.23. The van der Waals surface area contributed by atoms with Crippen LogP contribution in [-0.4, -0.2) is 65.2 Å². The summed E-state index contributed by atoms with van der Waals surface area (Å²) >= 11 is 0. The van der Waals surface area contributed by atoms with Crippen molar-refractivity contribution in [2.24, 2.45) is 5.92 Å². The molecular formula is C41H44N6O7Si. The van der Waals surface area contributed by atoms with Gasteiger partial charge in [0.2, 0.25) is 6.41 Å². The average molecular weight is 761 g/mol. The van der Waals surface area contributed by atoms with Crippen LogP contribution < -0.4 is 19.7 Å². The fourth-order valence-electron chi connectivity index (χ4n) is 8.58. The molecule has 14 heteroatoms. The number of hydrogen-bond acceptors (Lipinski definition) is 9. The number of anilines is 3. The van der Waals surface area contributed by atoms with Gasteiger partial charge in [0.05, 0.1) is 44.1 Å². The predicted molar refractivity (Wildman–Crippen MR) is 210 cm³/mol. The zero-order valence-corrected chi connectivity index (χ0v) is 32.2. The van der Waals surface area contributed by atoms with E-state index in [1.54, 1.807) is 27.7 Å². The Kier molecular flexibility index (Phi) is 10.4. The van der Waals surface area contributed by atoms with Crippen LogP contribution in [0.15, 0.2) is 103 Å². The highest BCUT2D eigenvalue weighted by Gasteiger charge is 2.66. The Balaban J connectivity index is 1.27. The molecule has 3 heterocycles. The second kappa shape index (κ2) is 15.2. The van der Waals surface area contributed by atoms with Crippen LogP contribution in [0.5, 0.6) is 5.75 Å². The minimum Gasteiger partial charge on any atom is -0.497 e. The van der Waals surface area contributed by atoms with Gasteiger partial charge in [0.25, 0.3) is 11.6 Å². The third-order valence-electron chi connectivity index (χ3n) is 11.3. The number of aromatic nitrogens is 3. The largest absolute Gasteiger partial charge is 0.497 e. The molecule has 0 radical (unpaired) electrons. The number of rotatable bonds is 14. The molecule has 1 saturated heterocycles. The fourth-order valence-corrected chi connectivity index (χ4v) is 12.6. The maximum Gasteiger partial charge on any atom is 0.269 e. The van der Waals surface area contributed by atoms with E-state index in [4.69, 9.17) is 9.47 Å². The first kappa shape index (κ1) is 37.6. The lowest BCUT2D eigenvalue weighted by molar-refractivity contribution is -0.385. The first-order valence-electron chi connectivity index (χ1n) is 18.3. The molecular weight excluding hydrogens is 717 g/mol. The van der Waals surface area contributed by atoms with Crippen molar-refractivity contribution in [1.29, 1.82) is 0 Å². The van der Waals surface area contributed by atoms with Gasteiger partial charge in [-0.05, 0) is 60.0 Å². The fraction of sp³-hybridized carbons (Fsp3) is 0.317. The molecule has 1 fully saturated rings. The maximum atomic E-state index is 15.2. The number of ether oxygens (including phenoxy) is 2. The van der Waals surface area contributed by atoms with E-state index < -0.39 is 24.7 Å². The molecule has 2 aliphatic heterocycles. The number of hydrogen-bond donors (Lipinski definition) is 1. The minimum atomic E-state index is -2.48. The van der Waals surface area contributed by atoms with Gasteiger partial charge in [-0.3, -0.25) is 29.3 Å². The lowest BCUT2D eigenvalue weighted by Gasteiger charge is -2.37. The first-order chi connectivity index (χ1) is 26.5. The van der Waals surface area contributed by atoms with Gasteiger partial charge in [-0.2, -0.15) is 0 Å². The Hall–Kier alpha value is -5.70. The molecule has 0 unspecified atom stereocenters. The van der Waals surface area contributed by atoms with Gasteiger partial charge in [-0.25, -0.2) is 0 Å². The molecule has 1 N–H and O–H groups in total. The lowest BCUT2D eigenvalue weighted by Crippen LogP contribution is -2.51. The summed E-state index contributed by atoms with van der Waals surface area (Å²) in [6, 6.07) is 29.4. The topological polar surface area (TPSA) is 153 Å². The van der Waals surface area contributed by atoms with Crippen molar-refractivity contribution in [1.82, 2.24) is 15.0 Å². The van der Waals surface area contributed by atoms with E-state index in [1.807, 2.05) is 79.9 Å². The van der Waals surface area contributed by atoms with E-state index in [0.29, 0.717) is 42.0 Å². The van der Waals surface area contributed by atoms with E-state index in [2.05, 4.69) is 35.5 Å². The highest BCUT2D eigenvalue weighted by Crippen LogP contribution is 2.60. The summed E-state index contributed by atoms with van der Waals surface area (Å²) in [7, 11) is -0.843.